The third-order valence-electron chi connectivity index (χ3n) is 4.75. The van der Waals surface area contributed by atoms with Gasteiger partial charge >= 0.3 is 0 Å². The minimum absolute atomic E-state index is 0.0175. The Morgan fingerprint density at radius 1 is 1.13 bits per heavy atom. The molecule has 0 aliphatic carbocycles. The van der Waals surface area contributed by atoms with Crippen LogP contribution in [0, 0.1) is 13.8 Å². The van der Waals surface area contributed by atoms with E-state index in [2.05, 4.69) is 20.5 Å². The first-order chi connectivity index (χ1) is 14.4. The average molecular weight is 403 g/mol. The van der Waals surface area contributed by atoms with Crippen molar-refractivity contribution < 1.29 is 9.59 Å². The summed E-state index contributed by atoms with van der Waals surface area (Å²) in [5, 5.41) is 12.1. The highest BCUT2D eigenvalue weighted by molar-refractivity contribution is 6.14. The quantitative estimate of drug-likeness (QED) is 0.531. The number of nitrogens with two attached hydrogens (primary N) is 1. The summed E-state index contributed by atoms with van der Waals surface area (Å²) < 4.78 is 3.26. The maximum atomic E-state index is 13.2. The zero-order valence-electron chi connectivity index (χ0n) is 16.9. The van der Waals surface area contributed by atoms with E-state index in [0.717, 1.165) is 5.69 Å². The number of fused-ring (bicyclic) bond motifs is 1. The van der Waals surface area contributed by atoms with Crippen LogP contribution >= 0.6 is 0 Å². The van der Waals surface area contributed by atoms with E-state index in [1.165, 1.54) is 0 Å². The molecule has 9 nitrogen and oxygen atoms in total. The van der Waals surface area contributed by atoms with Crippen molar-refractivity contribution in [3.63, 3.8) is 0 Å². The molecule has 30 heavy (non-hydrogen) atoms. The van der Waals surface area contributed by atoms with Gasteiger partial charge in [-0.3, -0.25) is 14.3 Å². The van der Waals surface area contributed by atoms with Crippen LogP contribution in [0.25, 0.3) is 16.7 Å². The third kappa shape index (κ3) is 3.30. The lowest BCUT2D eigenvalue weighted by molar-refractivity contribution is 0.0995. The predicted octanol–water partition coefficient (Wildman–Crippen LogP) is 2.60. The van der Waals surface area contributed by atoms with Crippen molar-refractivity contribution in [3.8, 4) is 5.69 Å². The molecule has 0 spiro atoms. The molecule has 0 atom stereocenters. The van der Waals surface area contributed by atoms with Gasteiger partial charge in [0.2, 0.25) is 0 Å². The first-order valence-corrected chi connectivity index (χ1v) is 9.50. The van der Waals surface area contributed by atoms with Crippen LogP contribution in [0.4, 0.5) is 5.69 Å². The number of carbonyl (C=O) groups is 2. The summed E-state index contributed by atoms with van der Waals surface area (Å²) in [5.74, 6) is -1.10. The molecule has 0 unspecified atom stereocenters. The van der Waals surface area contributed by atoms with Gasteiger partial charge in [-0.2, -0.15) is 10.2 Å². The summed E-state index contributed by atoms with van der Waals surface area (Å²) in [4.78, 5) is 29.5. The fourth-order valence-electron chi connectivity index (χ4n) is 3.39. The molecule has 3 aromatic heterocycles. The molecular formula is C21H21N7O2. The molecule has 9 heteroatoms. The second kappa shape index (κ2) is 7.43. The van der Waals surface area contributed by atoms with Crippen LogP contribution in [-0.2, 0) is 6.54 Å². The molecule has 0 fully saturated rings. The van der Waals surface area contributed by atoms with Crippen molar-refractivity contribution in [2.75, 3.05) is 5.32 Å². The smallest absolute Gasteiger partial charge is 0.271 e. The Kier molecular flexibility index (Phi) is 4.78. The van der Waals surface area contributed by atoms with E-state index < -0.39 is 5.91 Å². The second-order valence-electron chi connectivity index (χ2n) is 6.91. The van der Waals surface area contributed by atoms with Crippen LogP contribution < -0.4 is 11.1 Å². The molecule has 0 radical (unpaired) electrons. The Morgan fingerprint density at radius 2 is 1.87 bits per heavy atom. The van der Waals surface area contributed by atoms with Gasteiger partial charge in [0.1, 0.15) is 0 Å². The molecule has 0 aliphatic heterocycles. The molecule has 3 N–H and O–H groups in total. The summed E-state index contributed by atoms with van der Waals surface area (Å²) in [5.41, 5.74) is 8.89. The summed E-state index contributed by atoms with van der Waals surface area (Å²) in [6.45, 7) is 6.07. The molecule has 1 aromatic carbocycles. The number of rotatable bonds is 5. The number of hydrogen-bond acceptors (Lipinski definition) is 5. The zero-order chi connectivity index (χ0) is 21.4. The Balaban J connectivity index is 1.82. The molecule has 0 saturated heterocycles. The molecule has 4 rings (SSSR count). The Morgan fingerprint density at radius 3 is 2.53 bits per heavy atom. The van der Waals surface area contributed by atoms with Crippen LogP contribution in [0.15, 0.2) is 42.6 Å². The highest BCUT2D eigenvalue weighted by Gasteiger charge is 2.22. The van der Waals surface area contributed by atoms with Gasteiger partial charge in [0.25, 0.3) is 11.8 Å². The monoisotopic (exact) mass is 403 g/mol. The van der Waals surface area contributed by atoms with Gasteiger partial charge in [-0.25, -0.2) is 9.67 Å². The average Bonchev–Trinajstić information content (AvgIpc) is 3.29. The van der Waals surface area contributed by atoms with Crippen LogP contribution in [0.3, 0.4) is 0 Å². The molecular weight excluding hydrogens is 382 g/mol. The second-order valence-corrected chi connectivity index (χ2v) is 6.91. The summed E-state index contributed by atoms with van der Waals surface area (Å²) >= 11 is 0. The highest BCUT2D eigenvalue weighted by atomic mass is 16.2. The Labute approximate surface area is 172 Å². The number of amides is 2. The van der Waals surface area contributed by atoms with E-state index in [-0.39, 0.29) is 17.3 Å². The topological polar surface area (TPSA) is 121 Å². The molecule has 2 amide bonds. The van der Waals surface area contributed by atoms with Gasteiger partial charge in [0.15, 0.2) is 11.3 Å². The summed E-state index contributed by atoms with van der Waals surface area (Å²) in [6.07, 6.45) is 1.59. The minimum atomic E-state index is -0.707. The van der Waals surface area contributed by atoms with E-state index >= 15 is 0 Å². The molecule has 4 aromatic rings. The Bertz CT molecular complexity index is 1270. The Hall–Kier alpha value is -4.01. The van der Waals surface area contributed by atoms with E-state index in [1.807, 2.05) is 51.1 Å². The lowest BCUT2D eigenvalue weighted by Gasteiger charge is -2.08. The van der Waals surface area contributed by atoms with Gasteiger partial charge in [-0.05, 0) is 39.0 Å². The van der Waals surface area contributed by atoms with Crippen molar-refractivity contribution in [3.05, 3.63) is 65.2 Å². The standard InChI is InChI=1S/C21H21N7O2/c1-4-27-11-16(18(26-27)19(22)29)24-21(30)15-10-12(2)23-20-17(15)13(3)25-28(20)14-8-6-5-7-9-14/h5-11H,4H2,1-3H3,(H2,22,29)(H,24,30). The highest BCUT2D eigenvalue weighted by Crippen LogP contribution is 2.26. The number of nitrogens with zero attached hydrogens (tertiary/aromatic N) is 5. The lowest BCUT2D eigenvalue weighted by Crippen LogP contribution is -2.18. The molecule has 0 bridgehead atoms. The maximum Gasteiger partial charge on any atom is 0.271 e. The normalized spacial score (nSPS) is 11.0. The van der Waals surface area contributed by atoms with Crippen molar-refractivity contribution >= 4 is 28.5 Å². The van der Waals surface area contributed by atoms with Crippen LogP contribution in [0.1, 0.15) is 39.2 Å². The van der Waals surface area contributed by atoms with Crippen molar-refractivity contribution in [1.82, 2.24) is 24.5 Å². The molecule has 0 aliphatic rings. The lowest BCUT2D eigenvalue weighted by atomic mass is 10.1. The minimum Gasteiger partial charge on any atom is -0.364 e. The van der Waals surface area contributed by atoms with Crippen molar-refractivity contribution in [1.29, 1.82) is 0 Å². The van der Waals surface area contributed by atoms with Crippen LogP contribution in [0.5, 0.6) is 0 Å². The SMILES string of the molecule is CCn1cc(NC(=O)c2cc(C)nc3c2c(C)nn3-c2ccccc2)c(C(N)=O)n1. The number of para-hydroxylation sites is 1. The fourth-order valence-corrected chi connectivity index (χ4v) is 3.39. The van der Waals surface area contributed by atoms with Gasteiger partial charge in [0, 0.05) is 18.4 Å². The van der Waals surface area contributed by atoms with E-state index in [9.17, 15) is 9.59 Å². The third-order valence-corrected chi connectivity index (χ3v) is 4.75. The number of primary amides is 1. The van der Waals surface area contributed by atoms with Gasteiger partial charge in [-0.1, -0.05) is 18.2 Å². The van der Waals surface area contributed by atoms with Crippen molar-refractivity contribution in [2.24, 2.45) is 5.73 Å². The number of benzene rings is 1. The largest absolute Gasteiger partial charge is 0.364 e. The maximum absolute atomic E-state index is 13.2. The van der Waals surface area contributed by atoms with Gasteiger partial charge in [-0.15, -0.1) is 0 Å². The number of anilines is 1. The number of hydrogen-bond donors (Lipinski definition) is 2. The van der Waals surface area contributed by atoms with Crippen LogP contribution in [0.2, 0.25) is 0 Å². The van der Waals surface area contributed by atoms with E-state index in [0.29, 0.717) is 34.5 Å². The van der Waals surface area contributed by atoms with Crippen LogP contribution in [-0.4, -0.2) is 36.4 Å². The molecule has 152 valence electrons. The van der Waals surface area contributed by atoms with Gasteiger partial charge < -0.3 is 11.1 Å². The molecule has 3 heterocycles. The number of carbonyl (C=O) groups excluding carboxylic acids is 2. The number of aromatic nitrogens is 5. The summed E-state index contributed by atoms with van der Waals surface area (Å²) in [7, 11) is 0. The number of aryl methyl sites for hydroxylation is 3. The predicted molar refractivity (Wildman–Crippen MR) is 113 cm³/mol. The summed E-state index contributed by atoms with van der Waals surface area (Å²) in [6, 6.07) is 11.3. The fraction of sp³-hybridized carbons (Fsp3) is 0.190. The zero-order valence-corrected chi connectivity index (χ0v) is 16.9. The van der Waals surface area contributed by atoms with Gasteiger partial charge in [0.05, 0.1) is 28.0 Å². The first-order valence-electron chi connectivity index (χ1n) is 9.50. The number of nitrogens with one attached hydrogen (secondary N) is 1. The number of pyridine rings is 1. The first kappa shape index (κ1) is 19.3. The van der Waals surface area contributed by atoms with E-state index in [4.69, 9.17) is 5.73 Å². The van der Waals surface area contributed by atoms with Crippen molar-refractivity contribution in [2.45, 2.75) is 27.3 Å². The van der Waals surface area contributed by atoms with E-state index in [1.54, 1.807) is 21.6 Å². The molecule has 0 saturated carbocycles.